The number of nitrogen functional groups attached to an aromatic ring is 1. The first-order chi connectivity index (χ1) is 9.72. The number of rotatable bonds is 3. The molecule has 0 radical (unpaired) electrons. The molecular weight excluding hydrogens is 264 g/mol. The van der Waals surface area contributed by atoms with Gasteiger partial charge in [0, 0.05) is 23.1 Å². The molecule has 0 fully saturated rings. The van der Waals surface area contributed by atoms with Crippen LogP contribution in [0.1, 0.15) is 16.1 Å². The average molecular weight is 280 g/mol. The fourth-order valence-corrected chi connectivity index (χ4v) is 2.99. The Morgan fingerprint density at radius 2 is 1.90 bits per heavy atom. The lowest BCUT2D eigenvalue weighted by Gasteiger charge is -2.03. The number of nitrogens with two attached hydrogens (primary N) is 1. The third-order valence-electron chi connectivity index (χ3n) is 3.31. The molecule has 0 saturated heterocycles. The Labute approximate surface area is 122 Å². The van der Waals surface area contributed by atoms with Crippen molar-refractivity contribution in [3.63, 3.8) is 0 Å². The highest BCUT2D eigenvalue weighted by Gasteiger charge is 2.06. The van der Waals surface area contributed by atoms with E-state index in [0.29, 0.717) is 0 Å². The maximum Gasteiger partial charge on any atom is 0.0976 e. The van der Waals surface area contributed by atoms with Crippen LogP contribution in [0.2, 0.25) is 0 Å². The number of hydrogen-bond acceptors (Lipinski definition) is 3. The first-order valence-electron chi connectivity index (χ1n) is 6.57. The number of thiazole rings is 1. The van der Waals surface area contributed by atoms with E-state index in [0.717, 1.165) is 28.4 Å². The van der Waals surface area contributed by atoms with Crippen LogP contribution in [-0.4, -0.2) is 4.98 Å². The second-order valence-electron chi connectivity index (χ2n) is 4.86. The van der Waals surface area contributed by atoms with Gasteiger partial charge in [-0.1, -0.05) is 42.5 Å². The molecule has 0 amide bonds. The zero-order chi connectivity index (χ0) is 13.9. The van der Waals surface area contributed by atoms with Crippen molar-refractivity contribution < 1.29 is 0 Å². The van der Waals surface area contributed by atoms with E-state index >= 15 is 0 Å². The van der Waals surface area contributed by atoms with Crippen LogP contribution in [-0.2, 0) is 6.42 Å². The van der Waals surface area contributed by atoms with Gasteiger partial charge >= 0.3 is 0 Å². The summed E-state index contributed by atoms with van der Waals surface area (Å²) < 4.78 is 0. The van der Waals surface area contributed by atoms with E-state index in [1.807, 2.05) is 31.2 Å². The molecule has 2 N–H and O–H groups in total. The molecule has 0 aliphatic carbocycles. The van der Waals surface area contributed by atoms with Gasteiger partial charge in [0.05, 0.1) is 10.7 Å². The van der Waals surface area contributed by atoms with Crippen molar-refractivity contribution in [2.24, 2.45) is 0 Å². The minimum atomic E-state index is 0.845. The molecule has 0 saturated carbocycles. The molecule has 20 heavy (non-hydrogen) atoms. The summed E-state index contributed by atoms with van der Waals surface area (Å²) in [4.78, 5) is 4.72. The zero-order valence-corrected chi connectivity index (χ0v) is 12.2. The fourth-order valence-electron chi connectivity index (χ4n) is 2.16. The predicted octanol–water partition coefficient (Wildman–Crippen LogP) is 4.29. The number of aromatic nitrogens is 1. The molecule has 3 rings (SSSR count). The van der Waals surface area contributed by atoms with E-state index in [-0.39, 0.29) is 0 Å². The predicted molar refractivity (Wildman–Crippen MR) is 85.9 cm³/mol. The van der Waals surface area contributed by atoms with Gasteiger partial charge in [0.2, 0.25) is 0 Å². The molecule has 1 heterocycles. The topological polar surface area (TPSA) is 38.9 Å². The molecule has 0 bridgehead atoms. The maximum absolute atomic E-state index is 5.85. The molecular formula is C17H16N2S. The van der Waals surface area contributed by atoms with Crippen molar-refractivity contribution in [3.05, 3.63) is 70.0 Å². The van der Waals surface area contributed by atoms with Gasteiger partial charge < -0.3 is 5.73 Å². The fraction of sp³-hybridized carbons (Fsp3) is 0.118. The van der Waals surface area contributed by atoms with Crippen molar-refractivity contribution in [2.75, 3.05) is 5.73 Å². The molecule has 2 nitrogen and oxygen atoms in total. The number of aryl methyl sites for hydroxylation is 1. The van der Waals surface area contributed by atoms with Gasteiger partial charge in [0.25, 0.3) is 0 Å². The molecule has 100 valence electrons. The lowest BCUT2D eigenvalue weighted by atomic mass is 10.1. The smallest absolute Gasteiger partial charge is 0.0976 e. The summed E-state index contributed by atoms with van der Waals surface area (Å²) >= 11 is 1.71. The van der Waals surface area contributed by atoms with Crippen LogP contribution in [0.25, 0.3) is 11.3 Å². The van der Waals surface area contributed by atoms with E-state index in [9.17, 15) is 0 Å². The van der Waals surface area contributed by atoms with Gasteiger partial charge in [-0.05, 0) is 24.1 Å². The summed E-state index contributed by atoms with van der Waals surface area (Å²) in [5.41, 5.74) is 11.3. The van der Waals surface area contributed by atoms with Crippen molar-refractivity contribution in [2.45, 2.75) is 13.3 Å². The number of benzene rings is 2. The highest BCUT2D eigenvalue weighted by Crippen LogP contribution is 2.24. The van der Waals surface area contributed by atoms with E-state index in [4.69, 9.17) is 10.7 Å². The SMILES string of the molecule is Cc1cc(Cc2nc(-c3ccccc3)cs2)ccc1N. The van der Waals surface area contributed by atoms with Gasteiger partial charge in [0.1, 0.15) is 0 Å². The second-order valence-corrected chi connectivity index (χ2v) is 5.80. The van der Waals surface area contributed by atoms with Crippen molar-refractivity contribution in [3.8, 4) is 11.3 Å². The normalized spacial score (nSPS) is 10.7. The summed E-state index contributed by atoms with van der Waals surface area (Å²) in [5, 5.41) is 3.25. The standard InChI is InChI=1S/C17H16N2S/c1-12-9-13(7-8-15(12)18)10-17-19-16(11-20-17)14-5-3-2-4-6-14/h2-9,11H,10,18H2,1H3. The Morgan fingerprint density at radius 1 is 1.10 bits per heavy atom. The highest BCUT2D eigenvalue weighted by molar-refractivity contribution is 7.10. The minimum Gasteiger partial charge on any atom is -0.399 e. The molecule has 0 spiro atoms. The summed E-state index contributed by atoms with van der Waals surface area (Å²) in [6.45, 7) is 2.04. The van der Waals surface area contributed by atoms with Gasteiger partial charge in [-0.3, -0.25) is 0 Å². The van der Waals surface area contributed by atoms with Crippen LogP contribution in [0.3, 0.4) is 0 Å². The molecule has 3 aromatic rings. The van der Waals surface area contributed by atoms with Gasteiger partial charge in [-0.2, -0.15) is 0 Å². The summed E-state index contributed by atoms with van der Waals surface area (Å²) in [5.74, 6) is 0. The monoisotopic (exact) mass is 280 g/mol. The van der Waals surface area contributed by atoms with Crippen LogP contribution in [0.5, 0.6) is 0 Å². The molecule has 3 heteroatoms. The van der Waals surface area contributed by atoms with Crippen LogP contribution in [0.15, 0.2) is 53.9 Å². The molecule has 1 aromatic heterocycles. The third-order valence-corrected chi connectivity index (χ3v) is 4.16. The molecule has 0 aliphatic rings. The zero-order valence-electron chi connectivity index (χ0n) is 11.3. The Hall–Kier alpha value is -2.13. The van der Waals surface area contributed by atoms with Crippen molar-refractivity contribution in [1.29, 1.82) is 0 Å². The first kappa shape index (κ1) is 12.9. The molecule has 0 atom stereocenters. The van der Waals surface area contributed by atoms with Crippen LogP contribution in [0.4, 0.5) is 5.69 Å². The van der Waals surface area contributed by atoms with Gasteiger partial charge in [-0.15, -0.1) is 11.3 Å². The lowest BCUT2D eigenvalue weighted by Crippen LogP contribution is -1.93. The van der Waals surface area contributed by atoms with Crippen LogP contribution in [0, 0.1) is 6.92 Å². The van der Waals surface area contributed by atoms with E-state index in [1.165, 1.54) is 11.1 Å². The second kappa shape index (κ2) is 5.47. The lowest BCUT2D eigenvalue weighted by molar-refractivity contribution is 1.13. The van der Waals surface area contributed by atoms with Gasteiger partial charge in [0.15, 0.2) is 0 Å². The quantitative estimate of drug-likeness (QED) is 0.727. The Bertz CT molecular complexity index is 717. The third kappa shape index (κ3) is 2.73. The Balaban J connectivity index is 1.82. The largest absolute Gasteiger partial charge is 0.399 e. The summed E-state index contributed by atoms with van der Waals surface area (Å²) in [6, 6.07) is 16.5. The maximum atomic E-state index is 5.85. The summed E-state index contributed by atoms with van der Waals surface area (Å²) in [7, 11) is 0. The van der Waals surface area contributed by atoms with Crippen LogP contribution >= 0.6 is 11.3 Å². The summed E-state index contributed by atoms with van der Waals surface area (Å²) in [6.07, 6.45) is 0.860. The van der Waals surface area contributed by atoms with E-state index < -0.39 is 0 Å². The molecule has 0 unspecified atom stereocenters. The highest BCUT2D eigenvalue weighted by atomic mass is 32.1. The van der Waals surface area contributed by atoms with E-state index in [1.54, 1.807) is 11.3 Å². The first-order valence-corrected chi connectivity index (χ1v) is 7.45. The number of anilines is 1. The number of hydrogen-bond donors (Lipinski definition) is 1. The Kier molecular flexibility index (Phi) is 3.52. The average Bonchev–Trinajstić information content (AvgIpc) is 2.92. The minimum absolute atomic E-state index is 0.845. The Morgan fingerprint density at radius 3 is 2.65 bits per heavy atom. The van der Waals surface area contributed by atoms with Crippen molar-refractivity contribution >= 4 is 17.0 Å². The molecule has 0 aliphatic heterocycles. The van der Waals surface area contributed by atoms with Crippen LogP contribution < -0.4 is 5.73 Å². The van der Waals surface area contributed by atoms with Crippen molar-refractivity contribution in [1.82, 2.24) is 4.98 Å². The number of nitrogens with zero attached hydrogens (tertiary/aromatic N) is 1. The molecule has 2 aromatic carbocycles. The van der Waals surface area contributed by atoms with Gasteiger partial charge in [-0.25, -0.2) is 4.98 Å². The van der Waals surface area contributed by atoms with E-state index in [2.05, 4.69) is 29.6 Å².